The lowest BCUT2D eigenvalue weighted by Crippen LogP contribution is -2.31. The molecule has 0 bridgehead atoms. The average Bonchev–Trinajstić information content (AvgIpc) is 3.37. The number of fused-ring (bicyclic) bond motifs is 1. The van der Waals surface area contributed by atoms with Gasteiger partial charge in [0.15, 0.2) is 0 Å². The summed E-state index contributed by atoms with van der Waals surface area (Å²) >= 11 is 0. The Labute approximate surface area is 222 Å². The van der Waals surface area contributed by atoms with Crippen molar-refractivity contribution in [2.75, 3.05) is 7.11 Å². The zero-order valence-electron chi connectivity index (χ0n) is 21.8. The van der Waals surface area contributed by atoms with Crippen LogP contribution in [0.25, 0.3) is 11.0 Å². The second-order valence-corrected chi connectivity index (χ2v) is 9.96. The number of nitrogens with zero attached hydrogens (tertiary/aromatic N) is 1. The molecule has 1 aromatic heterocycles. The molecule has 0 radical (unpaired) electrons. The lowest BCUT2D eigenvalue weighted by molar-refractivity contribution is -0.120. The maximum Gasteiger partial charge on any atom is 0.225 e. The fraction of sp³-hybridized carbons (Fsp3) is 0.250. The first-order valence-corrected chi connectivity index (χ1v) is 12.8. The second kappa shape index (κ2) is 10.7. The number of aryl methyl sites for hydroxylation is 1. The first kappa shape index (κ1) is 25.5. The van der Waals surface area contributed by atoms with E-state index in [1.54, 1.807) is 26.4 Å². The van der Waals surface area contributed by atoms with E-state index >= 15 is 0 Å². The lowest BCUT2D eigenvalue weighted by atomic mass is 9.84. The minimum Gasteiger partial charge on any atom is -0.497 e. The highest BCUT2D eigenvalue weighted by Gasteiger charge is 2.35. The van der Waals surface area contributed by atoms with Crippen molar-refractivity contribution in [3.05, 3.63) is 113 Å². The van der Waals surface area contributed by atoms with Crippen molar-refractivity contribution in [1.82, 2.24) is 5.32 Å². The largest absolute Gasteiger partial charge is 0.497 e. The molecule has 2 N–H and O–H groups in total. The van der Waals surface area contributed by atoms with Gasteiger partial charge in [-0.2, -0.15) is 0 Å². The first-order valence-electron chi connectivity index (χ1n) is 12.8. The number of aliphatic hydroxyl groups is 1. The number of ether oxygens (including phenoxy) is 1. The normalized spacial score (nSPS) is 17.2. The summed E-state index contributed by atoms with van der Waals surface area (Å²) in [6, 6.07) is 23.1. The molecule has 1 amide bonds. The van der Waals surface area contributed by atoms with Gasteiger partial charge in [0.1, 0.15) is 22.7 Å². The topological polar surface area (TPSA) is 84.1 Å². The molecule has 1 aliphatic heterocycles. The van der Waals surface area contributed by atoms with Crippen molar-refractivity contribution >= 4 is 23.1 Å². The molecule has 194 valence electrons. The third kappa shape index (κ3) is 5.27. The van der Waals surface area contributed by atoms with Crippen LogP contribution in [0.5, 0.6) is 5.75 Å². The third-order valence-corrected chi connectivity index (χ3v) is 7.26. The Morgan fingerprint density at radius 3 is 2.68 bits per heavy atom. The number of amides is 1. The number of hydrogen-bond donors (Lipinski definition) is 2. The van der Waals surface area contributed by atoms with Crippen LogP contribution in [-0.2, 0) is 16.8 Å². The highest BCUT2D eigenvalue weighted by Crippen LogP contribution is 2.37. The van der Waals surface area contributed by atoms with E-state index in [-0.39, 0.29) is 24.3 Å². The molecule has 3 unspecified atom stereocenters. The van der Waals surface area contributed by atoms with Gasteiger partial charge in [-0.3, -0.25) is 9.79 Å². The van der Waals surface area contributed by atoms with Crippen molar-refractivity contribution < 1.29 is 19.1 Å². The minimum atomic E-state index is -1.17. The summed E-state index contributed by atoms with van der Waals surface area (Å²) in [5.41, 5.74) is 3.44. The van der Waals surface area contributed by atoms with Gasteiger partial charge in [-0.1, -0.05) is 48.5 Å². The molecule has 0 saturated carbocycles. The lowest BCUT2D eigenvalue weighted by Gasteiger charge is -2.28. The number of furan rings is 1. The Morgan fingerprint density at radius 1 is 1.16 bits per heavy atom. The van der Waals surface area contributed by atoms with Gasteiger partial charge in [0.05, 0.1) is 19.6 Å². The Balaban J connectivity index is 1.36. The number of aliphatic imine (C=N–C) groups is 1. The van der Waals surface area contributed by atoms with E-state index in [0.29, 0.717) is 17.8 Å². The van der Waals surface area contributed by atoms with Crippen molar-refractivity contribution in [2.24, 2.45) is 10.9 Å². The molecule has 0 saturated heterocycles. The van der Waals surface area contributed by atoms with Crippen LogP contribution in [0.2, 0.25) is 0 Å². The molecular formula is C32H32N2O4. The summed E-state index contributed by atoms with van der Waals surface area (Å²) in [6.07, 6.45) is 6.26. The molecule has 6 nitrogen and oxygen atoms in total. The fourth-order valence-corrected chi connectivity index (χ4v) is 5.00. The van der Waals surface area contributed by atoms with Crippen LogP contribution >= 0.6 is 0 Å². The van der Waals surface area contributed by atoms with E-state index in [2.05, 4.69) is 10.3 Å². The van der Waals surface area contributed by atoms with Gasteiger partial charge in [-0.05, 0) is 72.9 Å². The second-order valence-electron chi connectivity index (χ2n) is 9.96. The average molecular weight is 509 g/mol. The number of carbonyl (C=O) groups is 1. The summed E-state index contributed by atoms with van der Waals surface area (Å²) in [4.78, 5) is 17.4. The van der Waals surface area contributed by atoms with E-state index in [1.165, 1.54) is 0 Å². The molecule has 0 aliphatic carbocycles. The first-order chi connectivity index (χ1) is 18.3. The highest BCUT2D eigenvalue weighted by molar-refractivity contribution is 5.83. The van der Waals surface area contributed by atoms with E-state index in [1.807, 2.05) is 85.8 Å². The molecule has 0 spiro atoms. The van der Waals surface area contributed by atoms with Crippen LogP contribution in [0, 0.1) is 12.8 Å². The van der Waals surface area contributed by atoms with Gasteiger partial charge in [-0.15, -0.1) is 0 Å². The Morgan fingerprint density at radius 2 is 1.97 bits per heavy atom. The number of nitrogens with one attached hydrogen (secondary N) is 1. The zero-order chi connectivity index (χ0) is 26.7. The zero-order valence-corrected chi connectivity index (χ0v) is 21.8. The van der Waals surface area contributed by atoms with Crippen LogP contribution < -0.4 is 10.1 Å². The summed E-state index contributed by atoms with van der Waals surface area (Å²) in [5.74, 6) is 1.07. The summed E-state index contributed by atoms with van der Waals surface area (Å²) < 4.78 is 11.4. The minimum absolute atomic E-state index is 0.0873. The Kier molecular flexibility index (Phi) is 7.16. The molecule has 3 atom stereocenters. The molecule has 6 heteroatoms. The standard InChI is InChI=1S/C32H32N2O4/c1-21-17-26(37-3)10-11-27(21)31(23-7-5-4-6-8-23)34-30(35)19-22-9-12-28-24(18-22)20-29(38-28)32(2,36)25-13-15-33-16-14-25/h4-13,15-18,20,25,31,36H,14,19H2,1-3H3,(H,34,35). The van der Waals surface area contributed by atoms with Crippen molar-refractivity contribution in [1.29, 1.82) is 0 Å². The molecule has 3 aromatic carbocycles. The maximum atomic E-state index is 13.3. The van der Waals surface area contributed by atoms with Gasteiger partial charge in [0.2, 0.25) is 5.91 Å². The molecular weight excluding hydrogens is 476 g/mol. The van der Waals surface area contributed by atoms with Crippen LogP contribution in [-0.4, -0.2) is 24.3 Å². The number of hydrogen-bond acceptors (Lipinski definition) is 5. The van der Waals surface area contributed by atoms with Crippen LogP contribution in [0.4, 0.5) is 0 Å². The van der Waals surface area contributed by atoms with Gasteiger partial charge >= 0.3 is 0 Å². The third-order valence-electron chi connectivity index (χ3n) is 7.26. The molecule has 5 rings (SSSR count). The number of carbonyl (C=O) groups excluding carboxylic acids is 1. The van der Waals surface area contributed by atoms with Crippen molar-refractivity contribution in [3.63, 3.8) is 0 Å². The Bertz CT molecular complexity index is 1500. The van der Waals surface area contributed by atoms with Crippen LogP contribution in [0.3, 0.4) is 0 Å². The van der Waals surface area contributed by atoms with Crippen LogP contribution in [0.1, 0.15) is 47.4 Å². The summed E-state index contributed by atoms with van der Waals surface area (Å²) in [5, 5.41) is 15.3. The fourth-order valence-electron chi connectivity index (χ4n) is 5.00. The quantitative estimate of drug-likeness (QED) is 0.305. The van der Waals surface area contributed by atoms with Crippen molar-refractivity contribution in [2.45, 2.75) is 38.3 Å². The number of rotatable bonds is 8. The van der Waals surface area contributed by atoms with Crippen LogP contribution in [0.15, 0.2) is 94.5 Å². The molecule has 2 heterocycles. The maximum absolute atomic E-state index is 13.3. The van der Waals surface area contributed by atoms with Crippen molar-refractivity contribution in [3.8, 4) is 5.75 Å². The number of methoxy groups -OCH3 is 1. The number of benzene rings is 3. The van der Waals surface area contributed by atoms with Gasteiger partial charge in [0, 0.05) is 23.7 Å². The molecule has 4 aromatic rings. The molecule has 1 aliphatic rings. The molecule has 38 heavy (non-hydrogen) atoms. The van der Waals surface area contributed by atoms with Gasteiger partial charge in [-0.25, -0.2) is 0 Å². The monoisotopic (exact) mass is 508 g/mol. The molecule has 0 fully saturated rings. The predicted octanol–water partition coefficient (Wildman–Crippen LogP) is 6.01. The highest BCUT2D eigenvalue weighted by atomic mass is 16.5. The Hall–Kier alpha value is -4.16. The van der Waals surface area contributed by atoms with Gasteiger partial charge in [0.25, 0.3) is 0 Å². The van der Waals surface area contributed by atoms with E-state index in [9.17, 15) is 9.90 Å². The van der Waals surface area contributed by atoms with E-state index in [4.69, 9.17) is 9.15 Å². The predicted molar refractivity (Wildman–Crippen MR) is 149 cm³/mol. The van der Waals surface area contributed by atoms with E-state index < -0.39 is 5.60 Å². The smallest absolute Gasteiger partial charge is 0.225 e. The SMILES string of the molecule is COc1ccc(C(NC(=O)Cc2ccc3oc(C(C)(O)C4C=CN=CC4)cc3c2)c2ccccc2)c(C)c1. The van der Waals surface area contributed by atoms with E-state index in [0.717, 1.165) is 33.4 Å². The summed E-state index contributed by atoms with van der Waals surface area (Å²) in [7, 11) is 1.65. The summed E-state index contributed by atoms with van der Waals surface area (Å²) in [6.45, 7) is 3.79. The van der Waals surface area contributed by atoms with Gasteiger partial charge < -0.3 is 19.6 Å².